The van der Waals surface area contributed by atoms with Gasteiger partial charge in [-0.3, -0.25) is 19.1 Å². The molecule has 1 aromatic carbocycles. The number of H-pyrrole nitrogens is 1. The second-order valence-electron chi connectivity index (χ2n) is 5.95. The molecule has 0 aliphatic rings. The van der Waals surface area contributed by atoms with E-state index in [0.717, 1.165) is 0 Å². The van der Waals surface area contributed by atoms with Crippen LogP contribution in [0.1, 0.15) is 17.3 Å². The fourth-order valence-corrected chi connectivity index (χ4v) is 3.40. The van der Waals surface area contributed by atoms with E-state index in [1.165, 1.54) is 29.0 Å². The summed E-state index contributed by atoms with van der Waals surface area (Å²) in [6.45, 7) is 1.98. The number of benzene rings is 1. The van der Waals surface area contributed by atoms with Gasteiger partial charge in [0.2, 0.25) is 0 Å². The van der Waals surface area contributed by atoms with Crippen LogP contribution in [0.15, 0.2) is 51.0 Å². The first-order chi connectivity index (χ1) is 13.7. The summed E-state index contributed by atoms with van der Waals surface area (Å²) < 4.78 is 38.8. The number of aryl methyl sites for hydroxylation is 1. The highest BCUT2D eigenvalue weighted by atomic mass is 32.2. The van der Waals surface area contributed by atoms with Gasteiger partial charge < -0.3 is 5.32 Å². The summed E-state index contributed by atoms with van der Waals surface area (Å²) in [6.07, 6.45) is -3.14. The molecule has 2 N–H and O–H groups in total. The molecule has 1 amide bonds. The number of nitrogens with zero attached hydrogens (tertiary/aromatic N) is 2. The van der Waals surface area contributed by atoms with Gasteiger partial charge in [0.05, 0.1) is 22.4 Å². The van der Waals surface area contributed by atoms with Crippen molar-refractivity contribution in [3.8, 4) is 0 Å². The van der Waals surface area contributed by atoms with Gasteiger partial charge in [0, 0.05) is 17.6 Å². The fraction of sp³-hybridized carbons (Fsp3) is 0.222. The van der Waals surface area contributed by atoms with Gasteiger partial charge in [-0.1, -0.05) is 12.1 Å². The highest BCUT2D eigenvalue weighted by Crippen LogP contribution is 2.32. The number of hydrogen-bond acceptors (Lipinski definition) is 5. The summed E-state index contributed by atoms with van der Waals surface area (Å²) in [6, 6.07) is 7.38. The van der Waals surface area contributed by atoms with Crippen LogP contribution in [0.25, 0.3) is 11.0 Å². The van der Waals surface area contributed by atoms with Crippen LogP contribution in [0.2, 0.25) is 0 Å². The lowest BCUT2D eigenvalue weighted by Gasteiger charge is -2.12. The lowest BCUT2D eigenvalue weighted by molar-refractivity contribution is -0.105. The Kier molecular flexibility index (Phi) is 5.78. The van der Waals surface area contributed by atoms with Crippen LogP contribution in [-0.4, -0.2) is 32.4 Å². The Hall–Kier alpha value is -3.08. The molecule has 2 heterocycles. The van der Waals surface area contributed by atoms with Crippen LogP contribution in [0.5, 0.6) is 0 Å². The molecule has 0 bridgehead atoms. The van der Waals surface area contributed by atoms with Crippen LogP contribution in [0, 0.1) is 0 Å². The minimum Gasteiger partial charge on any atom is -0.321 e. The highest BCUT2D eigenvalue weighted by molar-refractivity contribution is 7.99. The van der Waals surface area contributed by atoms with Crippen LogP contribution < -0.4 is 16.6 Å². The number of para-hydroxylation sites is 1. The van der Waals surface area contributed by atoms with Crippen molar-refractivity contribution in [2.24, 2.45) is 0 Å². The number of carbonyl (C=O) groups is 1. The van der Waals surface area contributed by atoms with Gasteiger partial charge in [-0.05, 0) is 25.1 Å². The van der Waals surface area contributed by atoms with Gasteiger partial charge in [0.25, 0.3) is 11.5 Å². The van der Waals surface area contributed by atoms with Crippen molar-refractivity contribution in [1.29, 1.82) is 0 Å². The smallest absolute Gasteiger partial charge is 0.321 e. The summed E-state index contributed by atoms with van der Waals surface area (Å²) in [5.41, 5.74) is -0.915. The largest absolute Gasteiger partial charge is 0.398 e. The number of nitrogens with one attached hydrogen (secondary N) is 2. The molecule has 0 saturated heterocycles. The van der Waals surface area contributed by atoms with Gasteiger partial charge in [-0.15, -0.1) is 11.8 Å². The molecule has 7 nitrogen and oxygen atoms in total. The maximum atomic E-state index is 12.6. The van der Waals surface area contributed by atoms with Crippen molar-refractivity contribution in [2.75, 3.05) is 11.1 Å². The summed E-state index contributed by atoms with van der Waals surface area (Å²) in [5.74, 6) is -1.74. The number of hydrogen-bond donors (Lipinski definition) is 2. The molecular formula is C18H15F3N4O3S. The minimum atomic E-state index is -4.35. The number of rotatable bonds is 5. The van der Waals surface area contributed by atoms with E-state index in [4.69, 9.17) is 0 Å². The van der Waals surface area contributed by atoms with E-state index in [2.05, 4.69) is 15.3 Å². The van der Waals surface area contributed by atoms with E-state index < -0.39 is 29.1 Å². The van der Waals surface area contributed by atoms with E-state index in [1.54, 1.807) is 19.1 Å². The molecule has 0 unspecified atom stereocenters. The summed E-state index contributed by atoms with van der Waals surface area (Å²) in [5, 5.41) is 2.59. The first-order valence-corrected chi connectivity index (χ1v) is 9.41. The Morgan fingerprint density at radius 2 is 2.00 bits per heavy atom. The average molecular weight is 424 g/mol. The van der Waals surface area contributed by atoms with Gasteiger partial charge in [0.1, 0.15) is 5.65 Å². The third kappa shape index (κ3) is 4.67. The second kappa shape index (κ2) is 8.11. The molecular weight excluding hydrogens is 409 g/mol. The van der Waals surface area contributed by atoms with Crippen molar-refractivity contribution in [3.63, 3.8) is 0 Å². The highest BCUT2D eigenvalue weighted by Gasteiger charge is 2.27. The molecule has 0 atom stereocenters. The van der Waals surface area contributed by atoms with E-state index in [9.17, 15) is 27.6 Å². The number of anilines is 1. The first kappa shape index (κ1) is 20.6. The zero-order valence-corrected chi connectivity index (χ0v) is 15.9. The number of alkyl halides is 3. The average Bonchev–Trinajstić information content (AvgIpc) is 2.66. The predicted octanol–water partition coefficient (Wildman–Crippen LogP) is 3.01. The van der Waals surface area contributed by atoms with Crippen LogP contribution in [0.4, 0.5) is 18.9 Å². The number of fused-ring (bicyclic) bond motifs is 1. The molecule has 0 fully saturated rings. The number of halogens is 3. The molecule has 11 heteroatoms. The lowest BCUT2D eigenvalue weighted by atomic mass is 10.2. The van der Waals surface area contributed by atoms with E-state index in [0.29, 0.717) is 11.8 Å². The predicted molar refractivity (Wildman–Crippen MR) is 103 cm³/mol. The Morgan fingerprint density at radius 1 is 1.28 bits per heavy atom. The van der Waals surface area contributed by atoms with Gasteiger partial charge >= 0.3 is 11.9 Å². The maximum Gasteiger partial charge on any atom is 0.398 e. The monoisotopic (exact) mass is 424 g/mol. The zero-order valence-electron chi connectivity index (χ0n) is 15.0. The molecule has 3 aromatic rings. The molecule has 0 radical (unpaired) electrons. The molecule has 2 aromatic heterocycles. The van der Waals surface area contributed by atoms with Gasteiger partial charge in [-0.25, -0.2) is 9.78 Å². The standard InChI is InChI=1S/C18H15F3N4O3S/c1-2-25-14-11(16(27)24-17(25)28)7-10(8-22-14)15(26)23-12-5-3-4-6-13(12)29-9-18(19,20)21/h3-8H,2,9H2,1H3,(H,23,26)(H,24,27,28). The van der Waals surface area contributed by atoms with Crippen LogP contribution in [0.3, 0.4) is 0 Å². The molecule has 29 heavy (non-hydrogen) atoms. The number of carbonyl (C=O) groups excluding carboxylic acids is 1. The first-order valence-electron chi connectivity index (χ1n) is 8.42. The third-order valence-corrected chi connectivity index (χ3v) is 5.08. The molecule has 0 saturated carbocycles. The molecule has 3 rings (SSSR count). The van der Waals surface area contributed by atoms with Crippen molar-refractivity contribution < 1.29 is 18.0 Å². The number of thioether (sulfide) groups is 1. The number of pyridine rings is 1. The Labute approximate surface area is 166 Å². The molecule has 0 spiro atoms. The molecule has 152 valence electrons. The van der Waals surface area contributed by atoms with Crippen LogP contribution >= 0.6 is 11.8 Å². The number of aromatic amines is 1. The van der Waals surface area contributed by atoms with E-state index in [1.807, 2.05) is 0 Å². The van der Waals surface area contributed by atoms with Crippen molar-refractivity contribution >= 4 is 34.4 Å². The normalized spacial score (nSPS) is 11.6. The second-order valence-corrected chi connectivity index (χ2v) is 6.97. The summed E-state index contributed by atoms with van der Waals surface area (Å²) >= 11 is 0.554. The van der Waals surface area contributed by atoms with Crippen molar-refractivity contribution in [2.45, 2.75) is 24.5 Å². The van der Waals surface area contributed by atoms with Gasteiger partial charge in [-0.2, -0.15) is 13.2 Å². The Morgan fingerprint density at radius 3 is 2.69 bits per heavy atom. The van der Waals surface area contributed by atoms with Crippen LogP contribution in [-0.2, 0) is 6.54 Å². The number of amides is 1. The molecule has 0 aliphatic heterocycles. The van der Waals surface area contributed by atoms with Crippen molar-refractivity contribution in [3.05, 3.63) is 62.9 Å². The molecule has 0 aliphatic carbocycles. The lowest BCUT2D eigenvalue weighted by Crippen LogP contribution is -2.30. The Balaban J connectivity index is 1.92. The SMILES string of the molecule is CCn1c(=O)[nH]c(=O)c2cc(C(=O)Nc3ccccc3SCC(F)(F)F)cnc21. The quantitative estimate of drug-likeness (QED) is 0.614. The van der Waals surface area contributed by atoms with E-state index >= 15 is 0 Å². The maximum absolute atomic E-state index is 12.6. The van der Waals surface area contributed by atoms with E-state index in [-0.39, 0.29) is 33.7 Å². The third-order valence-electron chi connectivity index (χ3n) is 3.94. The van der Waals surface area contributed by atoms with Gasteiger partial charge in [0.15, 0.2) is 0 Å². The summed E-state index contributed by atoms with van der Waals surface area (Å²) in [7, 11) is 0. The summed E-state index contributed by atoms with van der Waals surface area (Å²) in [4.78, 5) is 43.0. The fourth-order valence-electron chi connectivity index (χ4n) is 2.64. The Bertz CT molecular complexity index is 1190. The zero-order chi connectivity index (χ0) is 21.2. The van der Waals surface area contributed by atoms with Crippen molar-refractivity contribution in [1.82, 2.24) is 14.5 Å². The minimum absolute atomic E-state index is 0.0277. The number of aromatic nitrogens is 3. The topological polar surface area (TPSA) is 96.9 Å².